The lowest BCUT2D eigenvalue weighted by atomic mass is 10.1. The van der Waals surface area contributed by atoms with Gasteiger partial charge in [-0.1, -0.05) is 13.8 Å². The van der Waals surface area contributed by atoms with E-state index in [1.807, 2.05) is 0 Å². The first-order valence-corrected chi connectivity index (χ1v) is 7.62. The van der Waals surface area contributed by atoms with E-state index in [2.05, 4.69) is 9.46 Å². The van der Waals surface area contributed by atoms with E-state index in [4.69, 9.17) is 0 Å². The summed E-state index contributed by atoms with van der Waals surface area (Å²) in [6.07, 6.45) is -0.751. The number of methoxy groups -OCH3 is 1. The number of hydrogen-bond donors (Lipinski definition) is 2. The first kappa shape index (κ1) is 16.6. The first-order chi connectivity index (χ1) is 9.27. The third-order valence-electron chi connectivity index (χ3n) is 2.84. The minimum atomic E-state index is -3.70. The van der Waals surface area contributed by atoms with Gasteiger partial charge in [0.15, 0.2) is 0 Å². The zero-order valence-electron chi connectivity index (χ0n) is 11.7. The number of ether oxygens (including phenoxy) is 1. The van der Waals surface area contributed by atoms with E-state index in [1.165, 1.54) is 31.4 Å². The Hall–Kier alpha value is -1.44. The summed E-state index contributed by atoms with van der Waals surface area (Å²) < 4.78 is 30.8. The molecule has 7 heteroatoms. The summed E-state index contributed by atoms with van der Waals surface area (Å²) in [5, 5.41) is 9.60. The molecular weight excluding hydrogens is 282 g/mol. The van der Waals surface area contributed by atoms with E-state index in [0.717, 1.165) is 0 Å². The number of carbonyl (C=O) groups is 1. The molecule has 0 spiro atoms. The smallest absolute Gasteiger partial charge is 0.337 e. The molecule has 1 unspecified atom stereocenters. The van der Waals surface area contributed by atoms with E-state index in [1.54, 1.807) is 13.8 Å². The van der Waals surface area contributed by atoms with E-state index in [0.29, 0.717) is 0 Å². The van der Waals surface area contributed by atoms with Crippen molar-refractivity contribution in [3.05, 3.63) is 29.8 Å². The van der Waals surface area contributed by atoms with Crippen molar-refractivity contribution < 1.29 is 23.1 Å². The standard InChI is InChI=1S/C13H19NO5S/c1-9(2)12(15)8-14-20(17,18)11-6-4-10(5-7-11)13(16)19-3/h4-7,9,12,14-15H,8H2,1-3H3. The summed E-state index contributed by atoms with van der Waals surface area (Å²) in [6.45, 7) is 3.53. The second-order valence-electron chi connectivity index (χ2n) is 4.68. The number of esters is 1. The Morgan fingerprint density at radius 1 is 1.30 bits per heavy atom. The average Bonchev–Trinajstić information content (AvgIpc) is 2.44. The first-order valence-electron chi connectivity index (χ1n) is 6.14. The van der Waals surface area contributed by atoms with Crippen molar-refractivity contribution in [3.63, 3.8) is 0 Å². The van der Waals surface area contributed by atoms with Gasteiger partial charge in [-0.2, -0.15) is 0 Å². The SMILES string of the molecule is COC(=O)c1ccc(S(=O)(=O)NCC(O)C(C)C)cc1. The Labute approximate surface area is 118 Å². The normalized spacial score (nSPS) is 13.2. The molecule has 1 aromatic carbocycles. The van der Waals surface area contributed by atoms with E-state index in [-0.39, 0.29) is 22.9 Å². The molecule has 0 heterocycles. The van der Waals surface area contributed by atoms with Gasteiger partial charge in [0.2, 0.25) is 10.0 Å². The summed E-state index contributed by atoms with van der Waals surface area (Å²) in [7, 11) is -2.45. The molecule has 0 aliphatic heterocycles. The van der Waals surface area contributed by atoms with Gasteiger partial charge in [0.05, 0.1) is 23.7 Å². The summed E-state index contributed by atoms with van der Waals surface area (Å²) in [5.74, 6) is -0.573. The van der Waals surface area contributed by atoms with Gasteiger partial charge >= 0.3 is 5.97 Å². The van der Waals surface area contributed by atoms with Gasteiger partial charge in [-0.25, -0.2) is 17.9 Å². The number of aliphatic hydroxyl groups is 1. The number of nitrogens with one attached hydrogen (secondary N) is 1. The number of sulfonamides is 1. The van der Waals surface area contributed by atoms with Crippen molar-refractivity contribution >= 4 is 16.0 Å². The highest BCUT2D eigenvalue weighted by Crippen LogP contribution is 2.11. The second-order valence-corrected chi connectivity index (χ2v) is 6.45. The fourth-order valence-electron chi connectivity index (χ4n) is 1.40. The molecular formula is C13H19NO5S. The molecule has 2 N–H and O–H groups in total. The van der Waals surface area contributed by atoms with Crippen LogP contribution in [0.4, 0.5) is 0 Å². The van der Waals surface area contributed by atoms with Crippen LogP contribution in [-0.2, 0) is 14.8 Å². The fraction of sp³-hybridized carbons (Fsp3) is 0.462. The van der Waals surface area contributed by atoms with Gasteiger partial charge in [0.25, 0.3) is 0 Å². The van der Waals surface area contributed by atoms with Crippen LogP contribution >= 0.6 is 0 Å². The maximum absolute atomic E-state index is 12.0. The summed E-state index contributed by atoms with van der Waals surface area (Å²) in [6, 6.07) is 5.38. The molecule has 0 bridgehead atoms. The van der Waals surface area contributed by atoms with Gasteiger partial charge in [-0.15, -0.1) is 0 Å². The predicted molar refractivity (Wildman–Crippen MR) is 73.8 cm³/mol. The van der Waals surface area contributed by atoms with Crippen LogP contribution in [0.3, 0.4) is 0 Å². The topological polar surface area (TPSA) is 92.7 Å². The Kier molecular flexibility index (Phi) is 5.67. The molecule has 0 aromatic heterocycles. The molecule has 0 saturated carbocycles. The lowest BCUT2D eigenvalue weighted by Crippen LogP contribution is -2.34. The van der Waals surface area contributed by atoms with Crippen molar-refractivity contribution in [2.75, 3.05) is 13.7 Å². The van der Waals surface area contributed by atoms with Crippen molar-refractivity contribution in [2.24, 2.45) is 5.92 Å². The molecule has 112 valence electrons. The lowest BCUT2D eigenvalue weighted by Gasteiger charge is -2.15. The van der Waals surface area contributed by atoms with Crippen LogP contribution in [0.25, 0.3) is 0 Å². The highest BCUT2D eigenvalue weighted by molar-refractivity contribution is 7.89. The zero-order valence-corrected chi connectivity index (χ0v) is 12.5. The van der Waals surface area contributed by atoms with Crippen LogP contribution in [0, 0.1) is 5.92 Å². The minimum Gasteiger partial charge on any atom is -0.465 e. The summed E-state index contributed by atoms with van der Waals surface area (Å²) in [5.41, 5.74) is 0.272. The third kappa shape index (κ3) is 4.29. The Morgan fingerprint density at radius 3 is 2.30 bits per heavy atom. The summed E-state index contributed by atoms with van der Waals surface area (Å²) in [4.78, 5) is 11.3. The number of aliphatic hydroxyl groups excluding tert-OH is 1. The van der Waals surface area contributed by atoms with Gasteiger partial charge in [-0.3, -0.25) is 0 Å². The molecule has 0 aliphatic rings. The van der Waals surface area contributed by atoms with Crippen LogP contribution < -0.4 is 4.72 Å². The molecule has 20 heavy (non-hydrogen) atoms. The highest BCUT2D eigenvalue weighted by atomic mass is 32.2. The Morgan fingerprint density at radius 2 is 1.85 bits per heavy atom. The molecule has 0 amide bonds. The maximum atomic E-state index is 12.0. The quantitative estimate of drug-likeness (QED) is 0.757. The maximum Gasteiger partial charge on any atom is 0.337 e. The highest BCUT2D eigenvalue weighted by Gasteiger charge is 2.18. The van der Waals surface area contributed by atoms with Gasteiger partial charge < -0.3 is 9.84 Å². The average molecular weight is 301 g/mol. The number of carbonyl (C=O) groups excluding carboxylic acids is 1. The number of hydrogen-bond acceptors (Lipinski definition) is 5. The van der Waals surface area contributed by atoms with Crippen molar-refractivity contribution in [1.29, 1.82) is 0 Å². The van der Waals surface area contributed by atoms with Crippen LogP contribution in [0.1, 0.15) is 24.2 Å². The molecule has 6 nitrogen and oxygen atoms in total. The fourth-order valence-corrected chi connectivity index (χ4v) is 2.45. The van der Waals surface area contributed by atoms with Gasteiger partial charge in [0, 0.05) is 6.54 Å². The van der Waals surface area contributed by atoms with E-state index in [9.17, 15) is 18.3 Å². The monoisotopic (exact) mass is 301 g/mol. The Bertz CT molecular complexity index is 551. The van der Waals surface area contributed by atoms with Crippen molar-refractivity contribution in [2.45, 2.75) is 24.8 Å². The molecule has 1 rings (SSSR count). The molecule has 1 aromatic rings. The second kappa shape index (κ2) is 6.83. The predicted octanol–water partition coefficient (Wildman–Crippen LogP) is 0.768. The minimum absolute atomic E-state index is 0.0288. The van der Waals surface area contributed by atoms with Crippen LogP contribution in [0.2, 0.25) is 0 Å². The molecule has 0 radical (unpaired) electrons. The molecule has 0 fully saturated rings. The largest absolute Gasteiger partial charge is 0.465 e. The number of benzene rings is 1. The zero-order chi connectivity index (χ0) is 15.3. The Balaban J connectivity index is 2.80. The molecule has 0 aliphatic carbocycles. The number of rotatable bonds is 6. The van der Waals surface area contributed by atoms with Crippen molar-refractivity contribution in [3.8, 4) is 0 Å². The molecule has 1 atom stereocenters. The van der Waals surface area contributed by atoms with Crippen LogP contribution in [-0.4, -0.2) is 39.3 Å². The molecule has 0 saturated heterocycles. The van der Waals surface area contributed by atoms with Crippen molar-refractivity contribution in [1.82, 2.24) is 4.72 Å². The third-order valence-corrected chi connectivity index (χ3v) is 4.28. The van der Waals surface area contributed by atoms with Crippen LogP contribution in [0.5, 0.6) is 0 Å². The van der Waals surface area contributed by atoms with Gasteiger partial charge in [0.1, 0.15) is 0 Å². The van der Waals surface area contributed by atoms with E-state index >= 15 is 0 Å². The van der Waals surface area contributed by atoms with Crippen LogP contribution in [0.15, 0.2) is 29.2 Å². The van der Waals surface area contributed by atoms with E-state index < -0.39 is 22.1 Å². The summed E-state index contributed by atoms with van der Waals surface area (Å²) >= 11 is 0. The van der Waals surface area contributed by atoms with Gasteiger partial charge in [-0.05, 0) is 30.2 Å². The lowest BCUT2D eigenvalue weighted by molar-refractivity contribution is 0.0600.